The van der Waals surface area contributed by atoms with Crippen LogP contribution in [0, 0.1) is 11.8 Å². The number of anilines is 1. The molecule has 1 aromatic heterocycles. The molecule has 2 rings (SSSR count). The highest BCUT2D eigenvalue weighted by Gasteiger charge is 2.39. The molecular weight excluding hydrogens is 238 g/mol. The van der Waals surface area contributed by atoms with E-state index in [1.165, 1.54) is 11.3 Å². The molecule has 0 bridgehead atoms. The Bertz CT molecular complexity index is 466. The summed E-state index contributed by atoms with van der Waals surface area (Å²) in [4.78, 5) is 23.8. The third-order valence-electron chi connectivity index (χ3n) is 3.04. The number of carbonyl (C=O) groups excluding carboxylic acids is 1. The molecule has 0 aromatic carbocycles. The summed E-state index contributed by atoms with van der Waals surface area (Å²) >= 11 is 1.35. The van der Waals surface area contributed by atoms with Crippen LogP contribution in [0.5, 0.6) is 0 Å². The fraction of sp³-hybridized carbons (Fsp3) is 0.500. The Morgan fingerprint density at radius 3 is 2.71 bits per heavy atom. The van der Waals surface area contributed by atoms with Gasteiger partial charge < -0.3 is 10.4 Å². The van der Waals surface area contributed by atoms with E-state index in [1.807, 2.05) is 13.8 Å². The number of hydrogen-bond acceptors (Lipinski definition) is 3. The predicted octanol–water partition coefficient (Wildman–Crippen LogP) is 2.60. The molecule has 1 amide bonds. The van der Waals surface area contributed by atoms with E-state index in [4.69, 9.17) is 5.11 Å². The van der Waals surface area contributed by atoms with E-state index in [2.05, 4.69) is 5.32 Å². The van der Waals surface area contributed by atoms with Crippen LogP contribution in [0.1, 0.15) is 35.5 Å². The highest BCUT2D eigenvalue weighted by atomic mass is 32.1. The maximum atomic E-state index is 11.8. The summed E-state index contributed by atoms with van der Waals surface area (Å²) in [6, 6.07) is 1.64. The summed E-state index contributed by atoms with van der Waals surface area (Å²) in [5.41, 5.74) is 0.202. The Balaban J connectivity index is 2.16. The average Bonchev–Trinajstić information content (AvgIpc) is 2.86. The lowest BCUT2D eigenvalue weighted by Gasteiger charge is -2.02. The quantitative estimate of drug-likeness (QED) is 0.866. The first kappa shape index (κ1) is 12.1. The van der Waals surface area contributed by atoms with Crippen LogP contribution < -0.4 is 5.32 Å². The van der Waals surface area contributed by atoms with Gasteiger partial charge in [0, 0.05) is 10.8 Å². The monoisotopic (exact) mass is 253 g/mol. The summed E-state index contributed by atoms with van der Waals surface area (Å²) < 4.78 is 0. The highest BCUT2D eigenvalue weighted by Crippen LogP contribution is 2.39. The summed E-state index contributed by atoms with van der Waals surface area (Å²) in [5, 5.41) is 12.3. The molecule has 2 atom stereocenters. The van der Waals surface area contributed by atoms with Gasteiger partial charge in [0.2, 0.25) is 5.91 Å². The van der Waals surface area contributed by atoms with Gasteiger partial charge in [0.15, 0.2) is 0 Å². The van der Waals surface area contributed by atoms with Gasteiger partial charge in [-0.15, -0.1) is 11.3 Å². The van der Waals surface area contributed by atoms with E-state index < -0.39 is 5.97 Å². The molecule has 1 aromatic rings. The summed E-state index contributed by atoms with van der Waals surface area (Å²) in [7, 11) is 0. The number of thiophene rings is 1. The Morgan fingerprint density at radius 1 is 1.59 bits per heavy atom. The molecule has 1 saturated carbocycles. The molecule has 0 saturated heterocycles. The third kappa shape index (κ3) is 2.49. The first-order chi connectivity index (χ1) is 8.02. The van der Waals surface area contributed by atoms with Gasteiger partial charge in [-0.3, -0.25) is 4.79 Å². The van der Waals surface area contributed by atoms with Gasteiger partial charge >= 0.3 is 5.97 Å². The van der Waals surface area contributed by atoms with Gasteiger partial charge in [-0.05, 0) is 24.8 Å². The van der Waals surface area contributed by atoms with Gasteiger partial charge in [-0.1, -0.05) is 13.8 Å². The topological polar surface area (TPSA) is 66.4 Å². The first-order valence-corrected chi connectivity index (χ1v) is 6.51. The van der Waals surface area contributed by atoms with Crippen molar-refractivity contribution in [3.63, 3.8) is 0 Å². The van der Waals surface area contributed by atoms with E-state index in [1.54, 1.807) is 6.07 Å². The van der Waals surface area contributed by atoms with E-state index in [-0.39, 0.29) is 17.4 Å². The minimum atomic E-state index is -0.986. The van der Waals surface area contributed by atoms with Crippen molar-refractivity contribution < 1.29 is 14.7 Å². The highest BCUT2D eigenvalue weighted by molar-refractivity contribution is 7.16. The maximum absolute atomic E-state index is 11.8. The maximum Gasteiger partial charge on any atom is 0.338 e. The number of carbonyl (C=O) groups is 2. The average molecular weight is 253 g/mol. The van der Waals surface area contributed by atoms with Crippen molar-refractivity contribution >= 4 is 28.2 Å². The van der Waals surface area contributed by atoms with Crippen LogP contribution >= 0.6 is 11.3 Å². The summed E-state index contributed by atoms with van der Waals surface area (Å²) in [6.07, 6.45) is 1.68. The molecule has 0 aliphatic heterocycles. The van der Waals surface area contributed by atoms with E-state index in [9.17, 15) is 9.59 Å². The van der Waals surface area contributed by atoms with Crippen LogP contribution in [0.2, 0.25) is 0 Å². The van der Waals surface area contributed by atoms with Crippen molar-refractivity contribution in [1.82, 2.24) is 0 Å². The molecular formula is C12H15NO3S. The number of carboxylic acids is 1. The molecule has 1 aliphatic carbocycles. The smallest absolute Gasteiger partial charge is 0.338 e. The summed E-state index contributed by atoms with van der Waals surface area (Å²) in [6.45, 7) is 3.99. The van der Waals surface area contributed by atoms with E-state index >= 15 is 0 Å². The zero-order chi connectivity index (χ0) is 12.6. The fourth-order valence-electron chi connectivity index (χ4n) is 1.76. The number of hydrogen-bond donors (Lipinski definition) is 2. The van der Waals surface area contributed by atoms with Crippen LogP contribution in [-0.4, -0.2) is 17.0 Å². The molecule has 92 valence electrons. The number of amides is 1. The predicted molar refractivity (Wildman–Crippen MR) is 66.6 cm³/mol. The van der Waals surface area contributed by atoms with Crippen LogP contribution in [0.3, 0.4) is 0 Å². The second kappa shape index (κ2) is 4.49. The molecule has 1 aliphatic rings. The number of aromatic carboxylic acids is 1. The van der Waals surface area contributed by atoms with Crippen LogP contribution in [0.25, 0.3) is 0 Å². The lowest BCUT2D eigenvalue weighted by molar-refractivity contribution is -0.117. The molecule has 5 heteroatoms. The number of nitrogens with one attached hydrogen (secondary N) is 1. The second-order valence-electron chi connectivity index (χ2n) is 4.42. The third-order valence-corrected chi connectivity index (χ3v) is 4.24. The molecule has 1 fully saturated rings. The molecule has 2 N–H and O–H groups in total. The van der Waals surface area contributed by atoms with Gasteiger partial charge in [-0.2, -0.15) is 0 Å². The lowest BCUT2D eigenvalue weighted by Crippen LogP contribution is -2.15. The van der Waals surface area contributed by atoms with Crippen molar-refractivity contribution in [2.75, 3.05) is 5.32 Å². The second-order valence-corrected chi connectivity index (χ2v) is 5.56. The van der Waals surface area contributed by atoms with Crippen LogP contribution in [0.4, 0.5) is 5.00 Å². The fourth-order valence-corrected chi connectivity index (χ4v) is 2.75. The van der Waals surface area contributed by atoms with Crippen molar-refractivity contribution in [1.29, 1.82) is 0 Å². The van der Waals surface area contributed by atoms with E-state index in [0.29, 0.717) is 10.9 Å². The lowest BCUT2D eigenvalue weighted by atomic mass is 10.2. The molecule has 17 heavy (non-hydrogen) atoms. The Kier molecular flexibility index (Phi) is 3.19. The Morgan fingerprint density at radius 2 is 2.24 bits per heavy atom. The molecule has 0 radical (unpaired) electrons. The number of aryl methyl sites for hydroxylation is 1. The summed E-state index contributed by atoms with van der Waals surface area (Å²) in [5.74, 6) is -0.553. The number of rotatable bonds is 4. The standard InChI is InChI=1S/C12H15NO3S/c1-3-7-5-9(12(15)16)11(17-7)13-10(14)8-4-6(8)2/h5-6,8H,3-4H2,1-2H3,(H,13,14)(H,15,16). The van der Waals surface area contributed by atoms with Crippen molar-refractivity contribution in [2.24, 2.45) is 11.8 Å². The van der Waals surface area contributed by atoms with Gasteiger partial charge in [-0.25, -0.2) is 4.79 Å². The molecule has 1 heterocycles. The minimum absolute atomic E-state index is 0.0514. The first-order valence-electron chi connectivity index (χ1n) is 5.69. The number of carboxylic acid groups (broad SMARTS) is 1. The van der Waals surface area contributed by atoms with Gasteiger partial charge in [0.05, 0.1) is 5.56 Å². The Labute approximate surface area is 104 Å². The molecule has 4 nitrogen and oxygen atoms in total. The zero-order valence-corrected chi connectivity index (χ0v) is 10.6. The SMILES string of the molecule is CCc1cc(C(=O)O)c(NC(=O)C2CC2C)s1. The van der Waals surface area contributed by atoms with Crippen LogP contribution in [-0.2, 0) is 11.2 Å². The van der Waals surface area contributed by atoms with Crippen molar-refractivity contribution in [2.45, 2.75) is 26.7 Å². The molecule has 2 unspecified atom stereocenters. The zero-order valence-electron chi connectivity index (χ0n) is 9.82. The Hall–Kier alpha value is -1.36. The van der Waals surface area contributed by atoms with E-state index in [0.717, 1.165) is 17.7 Å². The van der Waals surface area contributed by atoms with Crippen LogP contribution in [0.15, 0.2) is 6.07 Å². The molecule has 0 spiro atoms. The van der Waals surface area contributed by atoms with Gasteiger partial charge in [0.25, 0.3) is 0 Å². The van der Waals surface area contributed by atoms with Crippen molar-refractivity contribution in [3.8, 4) is 0 Å². The normalized spacial score (nSPS) is 22.2. The van der Waals surface area contributed by atoms with Gasteiger partial charge in [0.1, 0.15) is 5.00 Å². The largest absolute Gasteiger partial charge is 0.478 e. The van der Waals surface area contributed by atoms with Crippen molar-refractivity contribution in [3.05, 3.63) is 16.5 Å². The minimum Gasteiger partial charge on any atom is -0.478 e.